The zero-order valence-electron chi connectivity index (χ0n) is 11.5. The van der Waals surface area contributed by atoms with Gasteiger partial charge in [-0.05, 0) is 31.5 Å². The topological polar surface area (TPSA) is 59.0 Å². The Morgan fingerprint density at radius 3 is 2.63 bits per heavy atom. The molecule has 1 aromatic rings. The van der Waals surface area contributed by atoms with E-state index in [9.17, 15) is 9.90 Å². The van der Waals surface area contributed by atoms with Crippen LogP contribution in [-0.4, -0.2) is 48.8 Å². The smallest absolute Gasteiger partial charge is 0.257 e. The summed E-state index contributed by atoms with van der Waals surface area (Å²) >= 11 is 0. The van der Waals surface area contributed by atoms with E-state index in [1.807, 2.05) is 0 Å². The van der Waals surface area contributed by atoms with Gasteiger partial charge in [0.2, 0.25) is 0 Å². The molecule has 1 amide bonds. The van der Waals surface area contributed by atoms with Crippen LogP contribution in [0.25, 0.3) is 0 Å². The number of likely N-dealkylation sites (tertiary alicyclic amines) is 1. The zero-order chi connectivity index (χ0) is 14.0. The van der Waals surface area contributed by atoms with Gasteiger partial charge < -0.3 is 19.5 Å². The second-order valence-electron chi connectivity index (χ2n) is 5.04. The summed E-state index contributed by atoms with van der Waals surface area (Å²) in [5, 5.41) is 9.94. The van der Waals surface area contributed by atoms with Gasteiger partial charge in [-0.15, -0.1) is 0 Å². The minimum absolute atomic E-state index is 0.145. The fourth-order valence-corrected chi connectivity index (χ4v) is 2.27. The SMILES string of the molecule is COc1ccc(OC)c(C(=O)N2CCC(C)(O)C2)c1. The zero-order valence-corrected chi connectivity index (χ0v) is 11.5. The summed E-state index contributed by atoms with van der Waals surface area (Å²) in [4.78, 5) is 14.1. The first-order valence-corrected chi connectivity index (χ1v) is 6.20. The molecule has 1 saturated heterocycles. The van der Waals surface area contributed by atoms with Crippen LogP contribution in [0.15, 0.2) is 18.2 Å². The first-order valence-electron chi connectivity index (χ1n) is 6.20. The lowest BCUT2D eigenvalue weighted by molar-refractivity contribution is 0.0570. The third-order valence-corrected chi connectivity index (χ3v) is 3.38. The van der Waals surface area contributed by atoms with E-state index >= 15 is 0 Å². The van der Waals surface area contributed by atoms with Crippen molar-refractivity contribution >= 4 is 5.91 Å². The average molecular weight is 265 g/mol. The number of amides is 1. The van der Waals surface area contributed by atoms with Crippen molar-refractivity contribution in [3.8, 4) is 11.5 Å². The molecule has 1 fully saturated rings. The summed E-state index contributed by atoms with van der Waals surface area (Å²) in [5.74, 6) is 0.973. The Kier molecular flexibility index (Phi) is 3.66. The number of ether oxygens (including phenoxy) is 2. The summed E-state index contributed by atoms with van der Waals surface area (Å²) in [6.07, 6.45) is 0.588. The Hall–Kier alpha value is -1.75. The van der Waals surface area contributed by atoms with E-state index in [0.29, 0.717) is 36.6 Å². The third-order valence-electron chi connectivity index (χ3n) is 3.38. The number of benzene rings is 1. The molecule has 1 aliphatic heterocycles. The summed E-state index contributed by atoms with van der Waals surface area (Å²) in [6.45, 7) is 2.63. The molecule has 0 spiro atoms. The number of carbonyl (C=O) groups is 1. The minimum atomic E-state index is -0.804. The van der Waals surface area contributed by atoms with Crippen LogP contribution in [0.2, 0.25) is 0 Å². The standard InChI is InChI=1S/C14H19NO4/c1-14(17)6-7-15(9-14)13(16)11-8-10(18-2)4-5-12(11)19-3/h4-5,8,17H,6-7,9H2,1-3H3. The maximum absolute atomic E-state index is 12.5. The normalized spacial score (nSPS) is 22.4. The monoisotopic (exact) mass is 265 g/mol. The van der Waals surface area contributed by atoms with Crippen molar-refractivity contribution in [2.75, 3.05) is 27.3 Å². The largest absolute Gasteiger partial charge is 0.497 e. The Morgan fingerprint density at radius 2 is 2.11 bits per heavy atom. The van der Waals surface area contributed by atoms with Crippen LogP contribution in [0.4, 0.5) is 0 Å². The highest BCUT2D eigenvalue weighted by atomic mass is 16.5. The summed E-state index contributed by atoms with van der Waals surface area (Å²) in [6, 6.07) is 5.12. The van der Waals surface area contributed by atoms with Crippen molar-refractivity contribution in [2.45, 2.75) is 18.9 Å². The Bertz CT molecular complexity index is 484. The molecule has 104 valence electrons. The molecule has 1 atom stereocenters. The lowest BCUT2D eigenvalue weighted by Gasteiger charge is -2.20. The molecule has 1 unspecified atom stereocenters. The van der Waals surface area contributed by atoms with Gasteiger partial charge in [-0.2, -0.15) is 0 Å². The van der Waals surface area contributed by atoms with Gasteiger partial charge in [0.1, 0.15) is 11.5 Å². The van der Waals surface area contributed by atoms with E-state index in [2.05, 4.69) is 0 Å². The molecule has 0 bridgehead atoms. The predicted octanol–water partition coefficient (Wildman–Crippen LogP) is 1.30. The quantitative estimate of drug-likeness (QED) is 0.895. The number of rotatable bonds is 3. The molecule has 1 aromatic carbocycles. The summed E-state index contributed by atoms with van der Waals surface area (Å²) in [5.41, 5.74) is -0.346. The predicted molar refractivity (Wildman–Crippen MR) is 70.7 cm³/mol. The van der Waals surface area contributed by atoms with Crippen LogP contribution < -0.4 is 9.47 Å². The second kappa shape index (κ2) is 5.09. The maximum atomic E-state index is 12.5. The molecule has 5 nitrogen and oxygen atoms in total. The second-order valence-corrected chi connectivity index (χ2v) is 5.04. The maximum Gasteiger partial charge on any atom is 0.257 e. The van der Waals surface area contributed by atoms with Crippen molar-refractivity contribution < 1.29 is 19.4 Å². The number of β-amino-alcohol motifs (C(OH)–C–C–N with tert-alkyl or cyclic N) is 1. The molecule has 0 aromatic heterocycles. The molecule has 2 rings (SSSR count). The summed E-state index contributed by atoms with van der Waals surface area (Å²) < 4.78 is 10.3. The highest BCUT2D eigenvalue weighted by Crippen LogP contribution is 2.28. The lowest BCUT2D eigenvalue weighted by atomic mass is 10.1. The molecule has 0 radical (unpaired) electrons. The van der Waals surface area contributed by atoms with Gasteiger partial charge in [-0.1, -0.05) is 0 Å². The van der Waals surface area contributed by atoms with E-state index in [4.69, 9.17) is 9.47 Å². The molecule has 0 saturated carbocycles. The Balaban J connectivity index is 2.28. The van der Waals surface area contributed by atoms with Crippen molar-refractivity contribution in [2.24, 2.45) is 0 Å². The van der Waals surface area contributed by atoms with Crippen molar-refractivity contribution in [1.29, 1.82) is 0 Å². The molecule has 1 heterocycles. The number of hydrogen-bond acceptors (Lipinski definition) is 4. The van der Waals surface area contributed by atoms with E-state index in [1.54, 1.807) is 37.1 Å². The van der Waals surface area contributed by atoms with Crippen LogP contribution >= 0.6 is 0 Å². The van der Waals surface area contributed by atoms with Gasteiger partial charge in [0.25, 0.3) is 5.91 Å². The van der Waals surface area contributed by atoms with E-state index in [-0.39, 0.29) is 5.91 Å². The van der Waals surface area contributed by atoms with E-state index < -0.39 is 5.60 Å². The first kappa shape index (κ1) is 13.7. The molecule has 0 aliphatic carbocycles. The Morgan fingerprint density at radius 1 is 1.37 bits per heavy atom. The van der Waals surface area contributed by atoms with Crippen molar-refractivity contribution in [3.05, 3.63) is 23.8 Å². The number of methoxy groups -OCH3 is 2. The Labute approximate surface area is 112 Å². The van der Waals surface area contributed by atoms with Gasteiger partial charge in [0, 0.05) is 13.1 Å². The number of nitrogens with zero attached hydrogens (tertiary/aromatic N) is 1. The molecular weight excluding hydrogens is 246 g/mol. The molecule has 1 aliphatic rings. The number of aliphatic hydroxyl groups is 1. The van der Waals surface area contributed by atoms with Crippen LogP contribution in [0, 0.1) is 0 Å². The van der Waals surface area contributed by atoms with Crippen LogP contribution in [0.1, 0.15) is 23.7 Å². The van der Waals surface area contributed by atoms with Crippen LogP contribution in [-0.2, 0) is 0 Å². The molecular formula is C14H19NO4. The van der Waals surface area contributed by atoms with Crippen molar-refractivity contribution in [3.63, 3.8) is 0 Å². The highest BCUT2D eigenvalue weighted by molar-refractivity contribution is 5.97. The van der Waals surface area contributed by atoms with Gasteiger partial charge in [-0.3, -0.25) is 4.79 Å². The highest BCUT2D eigenvalue weighted by Gasteiger charge is 2.35. The lowest BCUT2D eigenvalue weighted by Crippen LogP contribution is -2.34. The van der Waals surface area contributed by atoms with Gasteiger partial charge in [0.05, 0.1) is 25.4 Å². The molecule has 1 N–H and O–H groups in total. The first-order chi connectivity index (χ1) is 8.96. The van der Waals surface area contributed by atoms with Gasteiger partial charge in [-0.25, -0.2) is 0 Å². The fraction of sp³-hybridized carbons (Fsp3) is 0.500. The molecule has 5 heteroatoms. The third kappa shape index (κ3) is 2.81. The van der Waals surface area contributed by atoms with Gasteiger partial charge in [0.15, 0.2) is 0 Å². The summed E-state index contributed by atoms with van der Waals surface area (Å²) in [7, 11) is 3.08. The van der Waals surface area contributed by atoms with Crippen LogP contribution in [0.5, 0.6) is 11.5 Å². The van der Waals surface area contributed by atoms with Crippen molar-refractivity contribution in [1.82, 2.24) is 4.90 Å². The van der Waals surface area contributed by atoms with E-state index in [1.165, 1.54) is 7.11 Å². The minimum Gasteiger partial charge on any atom is -0.497 e. The number of carbonyl (C=O) groups excluding carboxylic acids is 1. The van der Waals surface area contributed by atoms with Gasteiger partial charge >= 0.3 is 0 Å². The number of hydrogen-bond donors (Lipinski definition) is 1. The van der Waals surface area contributed by atoms with E-state index in [0.717, 1.165) is 0 Å². The average Bonchev–Trinajstić information content (AvgIpc) is 2.77. The fourth-order valence-electron chi connectivity index (χ4n) is 2.27. The van der Waals surface area contributed by atoms with Crippen LogP contribution in [0.3, 0.4) is 0 Å². The molecule has 19 heavy (non-hydrogen) atoms.